The number of halogens is 2. The molecule has 0 spiro atoms. The average Bonchev–Trinajstić information content (AvgIpc) is 3.25. The summed E-state index contributed by atoms with van der Waals surface area (Å²) in [6.45, 7) is 1.56. The zero-order valence-electron chi connectivity index (χ0n) is 17.9. The van der Waals surface area contributed by atoms with E-state index in [1.807, 2.05) is 12.1 Å². The Hall–Kier alpha value is -3.16. The molecule has 1 aliphatic rings. The molecule has 4 rings (SSSR count). The van der Waals surface area contributed by atoms with Crippen LogP contribution in [-0.2, 0) is 25.9 Å². The van der Waals surface area contributed by atoms with Crippen molar-refractivity contribution < 1.29 is 9.53 Å². The van der Waals surface area contributed by atoms with Crippen molar-refractivity contribution in [2.45, 2.75) is 25.9 Å². The molecule has 0 radical (unpaired) electrons. The molecule has 0 unspecified atom stereocenters. The van der Waals surface area contributed by atoms with Gasteiger partial charge in [0.15, 0.2) is 0 Å². The number of fused-ring (bicyclic) bond motifs is 1. The molecule has 1 amide bonds. The van der Waals surface area contributed by atoms with Gasteiger partial charge in [-0.2, -0.15) is 0 Å². The molecule has 0 atom stereocenters. The third kappa shape index (κ3) is 4.65. The van der Waals surface area contributed by atoms with E-state index in [1.54, 1.807) is 35.9 Å². The fourth-order valence-corrected chi connectivity index (χ4v) is 4.68. The van der Waals surface area contributed by atoms with E-state index in [-0.39, 0.29) is 16.1 Å². The number of hydrogen-bond acceptors (Lipinski definition) is 5. The number of ether oxygens (including phenoxy) is 1. The van der Waals surface area contributed by atoms with E-state index in [1.165, 1.54) is 11.6 Å². The topological polar surface area (TPSA) is 81.0 Å². The fraction of sp³-hybridized carbons (Fsp3) is 0.250. The number of anilines is 1. The summed E-state index contributed by atoms with van der Waals surface area (Å²) in [6, 6.07) is 14.0. The van der Waals surface area contributed by atoms with E-state index in [4.69, 9.17) is 27.9 Å². The van der Waals surface area contributed by atoms with Crippen molar-refractivity contribution in [1.29, 1.82) is 0 Å². The van der Waals surface area contributed by atoms with Gasteiger partial charge < -0.3 is 14.2 Å². The summed E-state index contributed by atoms with van der Waals surface area (Å²) in [7, 11) is 1.64. The fourth-order valence-electron chi connectivity index (χ4n) is 4.14. The first kappa shape index (κ1) is 23.0. The maximum Gasteiger partial charge on any atom is 0.316 e. The zero-order chi connectivity index (χ0) is 23.5. The number of benzene rings is 2. The molecule has 0 saturated carbocycles. The number of carbonyl (C=O) groups is 1. The predicted octanol–water partition coefficient (Wildman–Crippen LogP) is 4.88. The normalized spacial score (nSPS) is 12.5. The van der Waals surface area contributed by atoms with Crippen LogP contribution in [0.5, 0.6) is 5.75 Å². The summed E-state index contributed by atoms with van der Waals surface area (Å²) in [5.74, 6) is -0.0357. The van der Waals surface area contributed by atoms with Crippen LogP contribution in [0.15, 0.2) is 58.5 Å². The minimum atomic E-state index is -0.817. The summed E-state index contributed by atoms with van der Waals surface area (Å²) >= 11 is 12.7. The lowest BCUT2D eigenvalue weighted by atomic mass is 10.1. The van der Waals surface area contributed by atoms with Gasteiger partial charge in [-0.25, -0.2) is 0 Å². The third-order valence-electron chi connectivity index (χ3n) is 5.82. The molecule has 7 nitrogen and oxygen atoms in total. The maximum atomic E-state index is 12.9. The first-order valence-electron chi connectivity index (χ1n) is 10.4. The van der Waals surface area contributed by atoms with Crippen LogP contribution < -0.4 is 15.2 Å². The van der Waals surface area contributed by atoms with E-state index >= 15 is 0 Å². The van der Waals surface area contributed by atoms with Crippen LogP contribution in [0, 0.1) is 4.91 Å². The Morgan fingerprint density at radius 1 is 1.12 bits per heavy atom. The molecule has 0 aliphatic carbocycles. The SMILES string of the molecule is COc1cccc2c1N(Cc1c(Cl)cc(Cl)c(=O)n1CCc1ccc(C(=O)N=O)cc1)CC2. The van der Waals surface area contributed by atoms with Gasteiger partial charge in [-0.1, -0.05) is 47.5 Å². The highest BCUT2D eigenvalue weighted by Gasteiger charge is 2.25. The molecule has 0 bridgehead atoms. The Balaban J connectivity index is 1.62. The lowest BCUT2D eigenvalue weighted by molar-refractivity contribution is 0.100. The Bertz CT molecular complexity index is 1270. The van der Waals surface area contributed by atoms with Crippen molar-refractivity contribution in [1.82, 2.24) is 4.57 Å². The summed E-state index contributed by atoms with van der Waals surface area (Å²) < 4.78 is 7.15. The molecule has 9 heteroatoms. The van der Waals surface area contributed by atoms with E-state index < -0.39 is 5.91 Å². The van der Waals surface area contributed by atoms with Gasteiger partial charge in [-0.3, -0.25) is 9.59 Å². The number of nitroso groups, excluding NO2 is 1. The average molecular weight is 486 g/mol. The highest BCUT2D eigenvalue weighted by Crippen LogP contribution is 2.38. The molecule has 33 heavy (non-hydrogen) atoms. The van der Waals surface area contributed by atoms with Gasteiger partial charge >= 0.3 is 5.91 Å². The van der Waals surface area contributed by atoms with Crippen molar-refractivity contribution in [3.8, 4) is 5.75 Å². The zero-order valence-corrected chi connectivity index (χ0v) is 19.4. The molecule has 1 aromatic heterocycles. The molecule has 170 valence electrons. The third-order valence-corrected chi connectivity index (χ3v) is 6.42. The highest BCUT2D eigenvalue weighted by molar-refractivity contribution is 6.34. The number of nitrogens with zero attached hydrogens (tertiary/aromatic N) is 3. The maximum absolute atomic E-state index is 12.9. The summed E-state index contributed by atoms with van der Waals surface area (Å²) in [6.07, 6.45) is 1.38. The summed E-state index contributed by atoms with van der Waals surface area (Å²) in [5.41, 5.74) is 3.66. The summed E-state index contributed by atoms with van der Waals surface area (Å²) in [4.78, 5) is 36.9. The Kier molecular flexibility index (Phi) is 6.81. The van der Waals surface area contributed by atoms with Gasteiger partial charge in [0.2, 0.25) is 0 Å². The minimum absolute atomic E-state index is 0.0566. The lowest BCUT2D eigenvalue weighted by Gasteiger charge is -2.24. The van der Waals surface area contributed by atoms with Crippen molar-refractivity contribution in [2.24, 2.45) is 5.18 Å². The number of hydrogen-bond donors (Lipinski definition) is 0. The molecule has 3 aromatic rings. The number of rotatable bonds is 7. The molecule has 2 heterocycles. The number of aromatic nitrogens is 1. The Labute approximate surface area is 200 Å². The van der Waals surface area contributed by atoms with Crippen LogP contribution in [0.4, 0.5) is 5.69 Å². The van der Waals surface area contributed by atoms with Crippen LogP contribution in [0.3, 0.4) is 0 Å². The number of aryl methyl sites for hydroxylation is 1. The molecule has 0 fully saturated rings. The smallest absolute Gasteiger partial charge is 0.316 e. The first-order valence-corrected chi connectivity index (χ1v) is 11.1. The van der Waals surface area contributed by atoms with Crippen molar-refractivity contribution >= 4 is 34.8 Å². The molecule has 2 aromatic carbocycles. The molecule has 1 aliphatic heterocycles. The van der Waals surface area contributed by atoms with Gasteiger partial charge in [-0.15, -0.1) is 4.91 Å². The highest BCUT2D eigenvalue weighted by atomic mass is 35.5. The van der Waals surface area contributed by atoms with Crippen LogP contribution in [0.25, 0.3) is 0 Å². The lowest BCUT2D eigenvalue weighted by Crippen LogP contribution is -2.30. The second kappa shape index (κ2) is 9.77. The van der Waals surface area contributed by atoms with Crippen LogP contribution in [-0.4, -0.2) is 24.1 Å². The standard InChI is InChI=1S/C24H21Cl2N3O4/c1-33-21-4-2-3-16-10-11-28(22(16)21)14-20-18(25)13-19(26)24(31)29(20)12-9-15-5-7-17(8-6-15)23(30)27-32/h2-8,13H,9-12,14H2,1H3. The Morgan fingerprint density at radius 3 is 2.58 bits per heavy atom. The number of carbonyl (C=O) groups excluding carboxylic acids is 1. The van der Waals surface area contributed by atoms with E-state index in [2.05, 4.69) is 16.1 Å². The van der Waals surface area contributed by atoms with Crippen LogP contribution >= 0.6 is 23.2 Å². The van der Waals surface area contributed by atoms with Crippen molar-refractivity contribution in [3.63, 3.8) is 0 Å². The monoisotopic (exact) mass is 485 g/mol. The molecular formula is C24H21Cl2N3O4. The quantitative estimate of drug-likeness (QED) is 0.445. The second-order valence-corrected chi connectivity index (χ2v) is 8.54. The van der Waals surface area contributed by atoms with Gasteiger partial charge in [0.25, 0.3) is 5.56 Å². The minimum Gasteiger partial charge on any atom is -0.495 e. The van der Waals surface area contributed by atoms with Crippen LogP contribution in [0.2, 0.25) is 10.0 Å². The van der Waals surface area contributed by atoms with Gasteiger partial charge in [-0.05, 0) is 48.2 Å². The van der Waals surface area contributed by atoms with E-state index in [0.29, 0.717) is 30.2 Å². The Morgan fingerprint density at radius 2 is 1.88 bits per heavy atom. The molecular weight excluding hydrogens is 465 g/mol. The van der Waals surface area contributed by atoms with Gasteiger partial charge in [0, 0.05) is 23.8 Å². The molecule has 0 saturated heterocycles. The molecule has 0 N–H and O–H groups in total. The van der Waals surface area contributed by atoms with E-state index in [9.17, 15) is 14.5 Å². The number of para-hydroxylation sites is 1. The number of methoxy groups -OCH3 is 1. The van der Waals surface area contributed by atoms with Gasteiger partial charge in [0.1, 0.15) is 10.8 Å². The van der Waals surface area contributed by atoms with Gasteiger partial charge in [0.05, 0.1) is 30.1 Å². The van der Waals surface area contributed by atoms with Crippen molar-refractivity contribution in [3.05, 3.63) is 96.2 Å². The summed E-state index contributed by atoms with van der Waals surface area (Å²) in [5, 5.41) is 2.90. The predicted molar refractivity (Wildman–Crippen MR) is 129 cm³/mol. The van der Waals surface area contributed by atoms with Crippen molar-refractivity contribution in [2.75, 3.05) is 18.6 Å². The van der Waals surface area contributed by atoms with Crippen LogP contribution in [0.1, 0.15) is 27.2 Å². The second-order valence-electron chi connectivity index (χ2n) is 7.73. The number of pyridine rings is 1. The number of amides is 1. The first-order chi connectivity index (χ1) is 15.9. The largest absolute Gasteiger partial charge is 0.495 e. The van der Waals surface area contributed by atoms with E-state index in [0.717, 1.165) is 30.0 Å².